The first-order valence-corrected chi connectivity index (χ1v) is 8.65. The molecular weight excluding hydrogens is 332 g/mol. The van der Waals surface area contributed by atoms with Gasteiger partial charge in [0, 0.05) is 40.1 Å². The van der Waals surface area contributed by atoms with E-state index in [9.17, 15) is 0 Å². The number of aryl methyl sites for hydroxylation is 1. The average molecular weight is 351 g/mol. The summed E-state index contributed by atoms with van der Waals surface area (Å²) < 4.78 is 1.19. The number of nitrogens with zero attached hydrogens (tertiary/aromatic N) is 1. The van der Waals surface area contributed by atoms with Crippen LogP contribution in [0.15, 0.2) is 34.1 Å². The van der Waals surface area contributed by atoms with Crippen LogP contribution in [0.1, 0.15) is 22.4 Å². The van der Waals surface area contributed by atoms with Gasteiger partial charge >= 0.3 is 0 Å². The van der Waals surface area contributed by atoms with Crippen molar-refractivity contribution < 1.29 is 0 Å². The van der Waals surface area contributed by atoms with E-state index in [1.165, 1.54) is 39.0 Å². The molecule has 0 aliphatic carbocycles. The molecule has 1 aromatic carbocycles. The van der Waals surface area contributed by atoms with Gasteiger partial charge in [-0.05, 0) is 59.1 Å². The summed E-state index contributed by atoms with van der Waals surface area (Å²) >= 11 is 5.33. The monoisotopic (exact) mass is 350 g/mol. The van der Waals surface area contributed by atoms with E-state index in [-0.39, 0.29) is 0 Å². The Morgan fingerprint density at radius 1 is 1.30 bits per heavy atom. The van der Waals surface area contributed by atoms with Crippen LogP contribution in [0.5, 0.6) is 0 Å². The first kappa shape index (κ1) is 14.1. The fourth-order valence-electron chi connectivity index (χ4n) is 2.70. The van der Waals surface area contributed by atoms with Crippen molar-refractivity contribution in [3.05, 3.63) is 50.1 Å². The SMILES string of the molecule is CN(Cc1ccc2c(c1)CCCN2)Cc1cc(Br)cs1. The molecule has 106 valence electrons. The van der Waals surface area contributed by atoms with Crippen LogP contribution in [-0.2, 0) is 19.5 Å². The molecule has 2 heterocycles. The Kier molecular flexibility index (Phi) is 4.44. The lowest BCUT2D eigenvalue weighted by Gasteiger charge is -2.21. The van der Waals surface area contributed by atoms with Gasteiger partial charge in [0.15, 0.2) is 0 Å². The van der Waals surface area contributed by atoms with E-state index < -0.39 is 0 Å². The Hall–Kier alpha value is -0.840. The van der Waals surface area contributed by atoms with E-state index >= 15 is 0 Å². The normalized spacial score (nSPS) is 14.2. The van der Waals surface area contributed by atoms with Crippen LogP contribution in [0.2, 0.25) is 0 Å². The van der Waals surface area contributed by atoms with Gasteiger partial charge in [-0.15, -0.1) is 11.3 Å². The van der Waals surface area contributed by atoms with Crippen LogP contribution in [0, 0.1) is 0 Å². The highest BCUT2D eigenvalue weighted by Crippen LogP contribution is 2.24. The molecule has 0 saturated heterocycles. The molecule has 4 heteroatoms. The number of hydrogen-bond acceptors (Lipinski definition) is 3. The van der Waals surface area contributed by atoms with Gasteiger partial charge < -0.3 is 5.32 Å². The summed E-state index contributed by atoms with van der Waals surface area (Å²) in [5, 5.41) is 5.62. The topological polar surface area (TPSA) is 15.3 Å². The molecule has 0 fully saturated rings. The Bertz CT molecular complexity index is 594. The summed E-state index contributed by atoms with van der Waals surface area (Å²) in [6.07, 6.45) is 2.45. The third-order valence-electron chi connectivity index (χ3n) is 3.61. The number of fused-ring (bicyclic) bond motifs is 1. The highest BCUT2D eigenvalue weighted by molar-refractivity contribution is 9.10. The minimum atomic E-state index is 1.00. The van der Waals surface area contributed by atoms with E-state index in [1.54, 1.807) is 0 Å². The summed E-state index contributed by atoms with van der Waals surface area (Å²) in [6.45, 7) is 3.12. The second-order valence-corrected chi connectivity index (χ2v) is 7.34. The van der Waals surface area contributed by atoms with Crippen molar-refractivity contribution in [2.24, 2.45) is 0 Å². The zero-order chi connectivity index (χ0) is 13.9. The summed E-state index contributed by atoms with van der Waals surface area (Å²) in [4.78, 5) is 3.77. The van der Waals surface area contributed by atoms with Crippen LogP contribution in [0.4, 0.5) is 5.69 Å². The lowest BCUT2D eigenvalue weighted by molar-refractivity contribution is 0.322. The van der Waals surface area contributed by atoms with Gasteiger partial charge in [-0.25, -0.2) is 0 Å². The lowest BCUT2D eigenvalue weighted by atomic mass is 10.0. The van der Waals surface area contributed by atoms with Gasteiger partial charge in [0.05, 0.1) is 0 Å². The quantitative estimate of drug-likeness (QED) is 0.873. The van der Waals surface area contributed by atoms with Crippen LogP contribution < -0.4 is 5.32 Å². The number of halogens is 1. The molecule has 1 aliphatic rings. The van der Waals surface area contributed by atoms with Crippen LogP contribution >= 0.6 is 27.3 Å². The van der Waals surface area contributed by atoms with E-state index in [0.29, 0.717) is 0 Å². The maximum atomic E-state index is 3.52. The maximum Gasteiger partial charge on any atom is 0.0372 e. The second-order valence-electron chi connectivity index (χ2n) is 5.43. The number of benzene rings is 1. The van der Waals surface area contributed by atoms with Crippen molar-refractivity contribution in [1.82, 2.24) is 4.90 Å². The third kappa shape index (κ3) is 3.43. The summed E-state index contributed by atoms with van der Waals surface area (Å²) in [6, 6.07) is 9.05. The molecule has 1 aliphatic heterocycles. The van der Waals surface area contributed by atoms with E-state index in [4.69, 9.17) is 0 Å². The number of nitrogens with one attached hydrogen (secondary N) is 1. The van der Waals surface area contributed by atoms with Crippen molar-refractivity contribution in [3.8, 4) is 0 Å². The fourth-order valence-corrected chi connectivity index (χ4v) is 4.23. The smallest absolute Gasteiger partial charge is 0.0372 e. The first-order valence-electron chi connectivity index (χ1n) is 6.98. The Morgan fingerprint density at radius 3 is 3.00 bits per heavy atom. The molecule has 0 bridgehead atoms. The average Bonchev–Trinajstić information content (AvgIpc) is 2.83. The number of rotatable bonds is 4. The lowest BCUT2D eigenvalue weighted by Crippen LogP contribution is -2.17. The maximum absolute atomic E-state index is 3.52. The number of anilines is 1. The summed E-state index contributed by atoms with van der Waals surface area (Å²) in [7, 11) is 2.19. The third-order valence-corrected chi connectivity index (χ3v) is 5.29. The fraction of sp³-hybridized carbons (Fsp3) is 0.375. The summed E-state index contributed by atoms with van der Waals surface area (Å²) in [5.41, 5.74) is 4.21. The second kappa shape index (κ2) is 6.29. The molecule has 0 saturated carbocycles. The summed E-state index contributed by atoms with van der Waals surface area (Å²) in [5.74, 6) is 0. The zero-order valence-corrected chi connectivity index (χ0v) is 14.1. The van der Waals surface area contributed by atoms with Gasteiger partial charge in [0.25, 0.3) is 0 Å². The van der Waals surface area contributed by atoms with Crippen LogP contribution in [0.25, 0.3) is 0 Å². The van der Waals surface area contributed by atoms with Gasteiger partial charge in [0.2, 0.25) is 0 Å². The molecule has 1 N–H and O–H groups in total. The van der Waals surface area contributed by atoms with Crippen molar-refractivity contribution in [2.75, 3.05) is 18.9 Å². The van der Waals surface area contributed by atoms with Gasteiger partial charge in [-0.3, -0.25) is 4.90 Å². The van der Waals surface area contributed by atoms with E-state index in [0.717, 1.165) is 19.6 Å². The van der Waals surface area contributed by atoms with Crippen molar-refractivity contribution in [2.45, 2.75) is 25.9 Å². The molecule has 0 amide bonds. The van der Waals surface area contributed by atoms with Gasteiger partial charge in [-0.1, -0.05) is 12.1 Å². The molecule has 0 atom stereocenters. The molecule has 20 heavy (non-hydrogen) atoms. The van der Waals surface area contributed by atoms with Gasteiger partial charge in [0.1, 0.15) is 0 Å². The highest BCUT2D eigenvalue weighted by Gasteiger charge is 2.10. The number of thiophene rings is 1. The largest absolute Gasteiger partial charge is 0.385 e. The molecular formula is C16H19BrN2S. The number of hydrogen-bond donors (Lipinski definition) is 1. The predicted octanol–water partition coefficient (Wildman–Crippen LogP) is 4.50. The van der Waals surface area contributed by atoms with E-state index in [1.807, 2.05) is 11.3 Å². The van der Waals surface area contributed by atoms with Gasteiger partial charge in [-0.2, -0.15) is 0 Å². The minimum Gasteiger partial charge on any atom is -0.385 e. The standard InChI is InChI=1S/C16H19BrN2S/c1-19(10-15-8-14(17)11-20-15)9-12-4-5-16-13(7-12)3-2-6-18-16/h4-5,7-8,11,18H,2-3,6,9-10H2,1H3. The van der Waals surface area contributed by atoms with Crippen molar-refractivity contribution >= 4 is 33.0 Å². The van der Waals surface area contributed by atoms with Crippen molar-refractivity contribution in [3.63, 3.8) is 0 Å². The Labute approximate surface area is 132 Å². The molecule has 0 radical (unpaired) electrons. The van der Waals surface area contributed by atoms with E-state index in [2.05, 4.69) is 62.8 Å². The minimum absolute atomic E-state index is 1.00. The molecule has 2 nitrogen and oxygen atoms in total. The Balaban J connectivity index is 1.65. The molecule has 1 aromatic heterocycles. The molecule has 3 rings (SSSR count). The Morgan fingerprint density at radius 2 is 2.20 bits per heavy atom. The van der Waals surface area contributed by atoms with Crippen LogP contribution in [-0.4, -0.2) is 18.5 Å². The molecule has 0 spiro atoms. The predicted molar refractivity (Wildman–Crippen MR) is 90.4 cm³/mol. The first-order chi connectivity index (χ1) is 9.70. The highest BCUT2D eigenvalue weighted by atomic mass is 79.9. The van der Waals surface area contributed by atoms with Crippen molar-refractivity contribution in [1.29, 1.82) is 0 Å². The molecule has 2 aromatic rings. The van der Waals surface area contributed by atoms with Crippen LogP contribution in [0.3, 0.4) is 0 Å². The zero-order valence-electron chi connectivity index (χ0n) is 11.7. The molecule has 0 unspecified atom stereocenters.